The van der Waals surface area contributed by atoms with Gasteiger partial charge in [0.25, 0.3) is 0 Å². The number of aliphatic hydroxyl groups is 1. The zero-order valence-corrected chi connectivity index (χ0v) is 20.0. The number of alkyl carbamates (subject to hydrolysis) is 1. The van der Waals surface area contributed by atoms with Crippen molar-refractivity contribution in [2.24, 2.45) is 5.92 Å². The van der Waals surface area contributed by atoms with E-state index < -0.39 is 6.10 Å². The molecular weight excluding hydrogens is 434 g/mol. The van der Waals surface area contributed by atoms with Gasteiger partial charge in [-0.25, -0.2) is 4.79 Å². The lowest BCUT2D eigenvalue weighted by molar-refractivity contribution is -0.118. The number of fused-ring (bicyclic) bond motifs is 1. The Morgan fingerprint density at radius 3 is 2.62 bits per heavy atom. The first-order valence-corrected chi connectivity index (χ1v) is 11.2. The van der Waals surface area contributed by atoms with Gasteiger partial charge in [0.1, 0.15) is 18.5 Å². The van der Waals surface area contributed by atoms with E-state index in [4.69, 9.17) is 9.47 Å². The number of likely N-dealkylation sites (tertiary alicyclic amines) is 1. The number of halogens is 1. The molecule has 0 aliphatic carbocycles. The maximum absolute atomic E-state index is 11.9. The Morgan fingerprint density at radius 2 is 1.94 bits per heavy atom. The Balaban J connectivity index is 0.00000363. The normalized spacial score (nSPS) is 18.0. The molecule has 1 aromatic rings. The molecule has 2 aliphatic rings. The minimum atomic E-state index is -0.612. The van der Waals surface area contributed by atoms with Gasteiger partial charge in [0.15, 0.2) is 0 Å². The number of anilines is 1. The monoisotopic (exact) mass is 469 g/mol. The van der Waals surface area contributed by atoms with Crippen LogP contribution in [0.25, 0.3) is 0 Å². The first-order valence-electron chi connectivity index (χ1n) is 11.2. The number of β-amino-alcohol motifs (C(OH)–C–C–N with tert-alkyl or cyclic N) is 1. The number of nitrogens with one attached hydrogen (secondary N) is 1. The number of rotatable bonds is 8. The lowest BCUT2D eigenvalue weighted by Gasteiger charge is -2.33. The number of amides is 2. The summed E-state index contributed by atoms with van der Waals surface area (Å²) in [6.07, 6.45) is 1.83. The summed E-state index contributed by atoms with van der Waals surface area (Å²) >= 11 is 0. The van der Waals surface area contributed by atoms with Crippen LogP contribution in [0, 0.1) is 5.92 Å². The molecule has 9 heteroatoms. The maximum atomic E-state index is 11.9. The van der Waals surface area contributed by atoms with Gasteiger partial charge in [0.05, 0.1) is 12.3 Å². The second-order valence-electron chi connectivity index (χ2n) is 8.88. The van der Waals surface area contributed by atoms with Crippen molar-refractivity contribution in [3.63, 3.8) is 0 Å². The molecule has 1 unspecified atom stereocenters. The summed E-state index contributed by atoms with van der Waals surface area (Å²) < 4.78 is 11.1. The van der Waals surface area contributed by atoms with E-state index in [2.05, 4.69) is 10.2 Å². The quantitative estimate of drug-likeness (QED) is 0.608. The van der Waals surface area contributed by atoms with Gasteiger partial charge in [-0.1, -0.05) is 19.9 Å². The lowest BCUT2D eigenvalue weighted by Crippen LogP contribution is -2.47. The highest BCUT2D eigenvalue weighted by Crippen LogP contribution is 2.34. The Hall–Kier alpha value is -2.03. The zero-order chi connectivity index (χ0) is 22.4. The molecule has 180 valence electrons. The number of ether oxygens (including phenoxy) is 2. The predicted molar refractivity (Wildman–Crippen MR) is 126 cm³/mol. The molecule has 2 N–H and O–H groups in total. The Bertz CT molecular complexity index is 768. The van der Waals surface area contributed by atoms with Crippen LogP contribution in [0.3, 0.4) is 0 Å². The van der Waals surface area contributed by atoms with Gasteiger partial charge in [-0.2, -0.15) is 0 Å². The van der Waals surface area contributed by atoms with E-state index in [0.717, 1.165) is 42.9 Å². The van der Waals surface area contributed by atoms with E-state index in [0.29, 0.717) is 31.9 Å². The fraction of sp³-hybridized carbons (Fsp3) is 0.652. The molecule has 2 aliphatic heterocycles. The van der Waals surface area contributed by atoms with Crippen LogP contribution in [-0.2, 0) is 16.0 Å². The molecule has 0 aromatic heterocycles. The molecule has 32 heavy (non-hydrogen) atoms. The molecule has 1 saturated heterocycles. The summed E-state index contributed by atoms with van der Waals surface area (Å²) in [5.74, 6) is 1.16. The zero-order valence-electron chi connectivity index (χ0n) is 19.2. The van der Waals surface area contributed by atoms with Crippen molar-refractivity contribution in [2.45, 2.75) is 51.7 Å². The highest BCUT2D eigenvalue weighted by atomic mass is 35.5. The second kappa shape index (κ2) is 12.3. The van der Waals surface area contributed by atoms with Gasteiger partial charge >= 0.3 is 6.09 Å². The first-order chi connectivity index (χ1) is 14.8. The van der Waals surface area contributed by atoms with Crippen molar-refractivity contribution in [1.82, 2.24) is 10.2 Å². The van der Waals surface area contributed by atoms with Crippen molar-refractivity contribution in [2.75, 3.05) is 44.8 Å². The molecule has 0 spiro atoms. The third-order valence-corrected chi connectivity index (χ3v) is 5.79. The average Bonchev–Trinajstić information content (AvgIpc) is 2.75. The van der Waals surface area contributed by atoms with Crippen LogP contribution in [0.15, 0.2) is 18.2 Å². The Kier molecular flexibility index (Phi) is 10.1. The van der Waals surface area contributed by atoms with Crippen molar-refractivity contribution < 1.29 is 24.2 Å². The molecule has 8 nitrogen and oxygen atoms in total. The van der Waals surface area contributed by atoms with Gasteiger partial charge < -0.3 is 29.7 Å². The van der Waals surface area contributed by atoms with Gasteiger partial charge in [0.2, 0.25) is 5.91 Å². The molecular formula is C23H36ClN3O5. The fourth-order valence-corrected chi connectivity index (χ4v) is 4.04. The largest absolute Gasteiger partial charge is 0.490 e. The van der Waals surface area contributed by atoms with Crippen LogP contribution < -0.4 is 15.0 Å². The maximum Gasteiger partial charge on any atom is 0.407 e. The molecule has 1 fully saturated rings. The number of carbonyl (C=O) groups excluding carboxylic acids is 2. The van der Waals surface area contributed by atoms with E-state index in [1.54, 1.807) is 11.9 Å². The van der Waals surface area contributed by atoms with Crippen LogP contribution in [0.1, 0.15) is 38.7 Å². The summed E-state index contributed by atoms with van der Waals surface area (Å²) in [4.78, 5) is 27.6. The third-order valence-electron chi connectivity index (χ3n) is 5.79. The minimum absolute atomic E-state index is 0. The summed E-state index contributed by atoms with van der Waals surface area (Å²) in [7, 11) is 1.78. The van der Waals surface area contributed by atoms with Crippen LogP contribution >= 0.6 is 12.4 Å². The predicted octanol–water partition coefficient (Wildman–Crippen LogP) is 2.60. The number of carbonyl (C=O) groups is 2. The standard InChI is InChI=1S/C23H35N3O5.ClH/c1-16(2)14-31-23(29)24-17-9-11-26(12-10-17)13-18(27)15-30-21-6-4-5-20-19(21)7-8-22(28)25(20)3;/h4-6,16-18,27H,7-15H2,1-3H3,(H,24,29);1H. The first kappa shape index (κ1) is 26.2. The van der Waals surface area contributed by atoms with Crippen LogP contribution in [-0.4, -0.2) is 74.0 Å². The highest BCUT2D eigenvalue weighted by Gasteiger charge is 2.25. The van der Waals surface area contributed by atoms with Crippen molar-refractivity contribution in [1.29, 1.82) is 0 Å². The third kappa shape index (κ3) is 7.25. The van der Waals surface area contributed by atoms with E-state index in [1.165, 1.54) is 0 Å². The molecule has 2 heterocycles. The van der Waals surface area contributed by atoms with Crippen molar-refractivity contribution in [3.05, 3.63) is 23.8 Å². The Labute approximate surface area is 196 Å². The number of aliphatic hydroxyl groups excluding tert-OH is 1. The molecule has 3 rings (SSSR count). The summed E-state index contributed by atoms with van der Waals surface area (Å²) in [6, 6.07) is 5.80. The van der Waals surface area contributed by atoms with Gasteiger partial charge in [0, 0.05) is 44.7 Å². The number of benzene rings is 1. The fourth-order valence-electron chi connectivity index (χ4n) is 4.04. The molecule has 0 saturated carbocycles. The minimum Gasteiger partial charge on any atom is -0.490 e. The van der Waals surface area contributed by atoms with Gasteiger partial charge in [-0.15, -0.1) is 12.4 Å². The van der Waals surface area contributed by atoms with Crippen LogP contribution in [0.5, 0.6) is 5.75 Å². The highest BCUT2D eigenvalue weighted by molar-refractivity contribution is 5.96. The van der Waals surface area contributed by atoms with Crippen LogP contribution in [0.2, 0.25) is 0 Å². The summed E-state index contributed by atoms with van der Waals surface area (Å²) in [5.41, 5.74) is 1.90. The molecule has 1 atom stereocenters. The summed E-state index contributed by atoms with van der Waals surface area (Å²) in [6.45, 7) is 6.78. The SMILES string of the molecule is CC(C)COC(=O)NC1CCN(CC(O)COc2cccc3c2CCC(=O)N3C)CC1.Cl. The average molecular weight is 470 g/mol. The second-order valence-corrected chi connectivity index (χ2v) is 8.88. The lowest BCUT2D eigenvalue weighted by atomic mass is 10.0. The van der Waals surface area contributed by atoms with Gasteiger partial charge in [-0.05, 0) is 37.3 Å². The van der Waals surface area contributed by atoms with E-state index in [-0.39, 0.29) is 37.1 Å². The molecule has 0 radical (unpaired) electrons. The summed E-state index contributed by atoms with van der Waals surface area (Å²) in [5, 5.41) is 13.4. The molecule has 0 bridgehead atoms. The van der Waals surface area contributed by atoms with Crippen molar-refractivity contribution in [3.8, 4) is 5.75 Å². The number of nitrogens with zero attached hydrogens (tertiary/aromatic N) is 2. The Morgan fingerprint density at radius 1 is 1.22 bits per heavy atom. The molecule has 1 aromatic carbocycles. The van der Waals surface area contributed by atoms with E-state index in [9.17, 15) is 14.7 Å². The van der Waals surface area contributed by atoms with E-state index in [1.807, 2.05) is 32.0 Å². The number of piperidine rings is 1. The number of hydrogen-bond donors (Lipinski definition) is 2. The van der Waals surface area contributed by atoms with Crippen molar-refractivity contribution >= 4 is 30.1 Å². The van der Waals surface area contributed by atoms with Crippen LogP contribution in [0.4, 0.5) is 10.5 Å². The number of hydrogen-bond acceptors (Lipinski definition) is 6. The topological polar surface area (TPSA) is 91.3 Å². The smallest absolute Gasteiger partial charge is 0.407 e. The van der Waals surface area contributed by atoms with Gasteiger partial charge in [-0.3, -0.25) is 4.79 Å². The van der Waals surface area contributed by atoms with E-state index >= 15 is 0 Å². The molecule has 2 amide bonds.